The molecule has 0 bridgehead atoms. The van der Waals surface area contributed by atoms with Crippen LogP contribution in [0, 0.1) is 0 Å². The lowest BCUT2D eigenvalue weighted by Crippen LogP contribution is -2.19. The molecule has 2 aromatic carbocycles. The van der Waals surface area contributed by atoms with Crippen LogP contribution in [0.15, 0.2) is 70.6 Å². The molecule has 0 spiro atoms. The minimum absolute atomic E-state index is 0.170. The SMILES string of the molecule is C=CCOc1ccc(/C=N\NC(=O)CSc2nc3ccccc3s2)cc1. The minimum Gasteiger partial charge on any atom is -0.490 e. The van der Waals surface area contributed by atoms with Gasteiger partial charge in [0.05, 0.1) is 22.2 Å². The van der Waals surface area contributed by atoms with E-state index >= 15 is 0 Å². The molecule has 0 aliphatic carbocycles. The number of ether oxygens (including phenoxy) is 1. The summed E-state index contributed by atoms with van der Waals surface area (Å²) in [5, 5.41) is 3.98. The number of benzene rings is 2. The lowest BCUT2D eigenvalue weighted by atomic mass is 10.2. The summed E-state index contributed by atoms with van der Waals surface area (Å²) in [6, 6.07) is 15.3. The molecule has 3 rings (SSSR count). The average Bonchev–Trinajstić information content (AvgIpc) is 3.09. The molecule has 3 aromatic rings. The molecule has 132 valence electrons. The topological polar surface area (TPSA) is 63.6 Å². The average molecular weight is 383 g/mol. The van der Waals surface area contributed by atoms with Crippen LogP contribution >= 0.6 is 23.1 Å². The predicted octanol–water partition coefficient (Wildman–Crippen LogP) is 4.10. The number of fused-ring (bicyclic) bond motifs is 1. The normalized spacial score (nSPS) is 10.9. The van der Waals surface area contributed by atoms with Crippen molar-refractivity contribution in [2.24, 2.45) is 5.10 Å². The highest BCUT2D eigenvalue weighted by Gasteiger charge is 2.06. The number of nitrogens with zero attached hydrogens (tertiary/aromatic N) is 2. The molecule has 1 aromatic heterocycles. The van der Waals surface area contributed by atoms with E-state index in [1.54, 1.807) is 23.6 Å². The summed E-state index contributed by atoms with van der Waals surface area (Å²) in [6.07, 6.45) is 3.29. The minimum atomic E-state index is -0.170. The second-order valence-corrected chi connectivity index (χ2v) is 7.45. The summed E-state index contributed by atoms with van der Waals surface area (Å²) < 4.78 is 7.40. The molecule has 0 unspecified atom stereocenters. The van der Waals surface area contributed by atoms with Crippen molar-refractivity contribution in [3.8, 4) is 5.75 Å². The van der Waals surface area contributed by atoms with Crippen LogP contribution < -0.4 is 10.2 Å². The van der Waals surface area contributed by atoms with Gasteiger partial charge in [-0.25, -0.2) is 10.4 Å². The number of aromatic nitrogens is 1. The standard InChI is InChI=1S/C19H17N3O2S2/c1-2-11-24-15-9-7-14(8-10-15)12-20-22-18(23)13-25-19-21-16-5-3-4-6-17(16)26-19/h2-10,12H,1,11,13H2,(H,22,23)/b20-12-. The zero-order valence-corrected chi connectivity index (χ0v) is 15.6. The van der Waals surface area contributed by atoms with Gasteiger partial charge in [-0.15, -0.1) is 11.3 Å². The maximum atomic E-state index is 11.9. The first-order chi connectivity index (χ1) is 12.7. The number of thiazole rings is 1. The van der Waals surface area contributed by atoms with Gasteiger partial charge < -0.3 is 4.74 Å². The molecular formula is C19H17N3O2S2. The van der Waals surface area contributed by atoms with Crippen LogP contribution in [0.25, 0.3) is 10.2 Å². The Kier molecular flexibility index (Phi) is 6.40. The van der Waals surface area contributed by atoms with E-state index in [0.717, 1.165) is 25.9 Å². The van der Waals surface area contributed by atoms with Crippen molar-refractivity contribution < 1.29 is 9.53 Å². The van der Waals surface area contributed by atoms with Crippen LogP contribution in [0.3, 0.4) is 0 Å². The third-order valence-electron chi connectivity index (χ3n) is 3.25. The molecule has 1 amide bonds. The number of thioether (sulfide) groups is 1. The highest BCUT2D eigenvalue weighted by atomic mass is 32.2. The Morgan fingerprint density at radius 1 is 1.27 bits per heavy atom. The zero-order valence-electron chi connectivity index (χ0n) is 13.9. The maximum Gasteiger partial charge on any atom is 0.250 e. The Hall–Kier alpha value is -2.64. The first-order valence-corrected chi connectivity index (χ1v) is 9.69. The van der Waals surface area contributed by atoms with Crippen LogP contribution in [0.2, 0.25) is 0 Å². The first-order valence-electron chi connectivity index (χ1n) is 7.88. The summed E-state index contributed by atoms with van der Waals surface area (Å²) in [4.78, 5) is 16.4. The number of hydrogen-bond acceptors (Lipinski definition) is 6. The Bertz CT molecular complexity index is 887. The first kappa shape index (κ1) is 18.2. The van der Waals surface area contributed by atoms with Crippen molar-refractivity contribution in [1.82, 2.24) is 10.4 Å². The molecule has 7 heteroatoms. The van der Waals surface area contributed by atoms with E-state index in [2.05, 4.69) is 22.1 Å². The molecule has 0 aliphatic rings. The van der Waals surface area contributed by atoms with E-state index in [-0.39, 0.29) is 11.7 Å². The molecule has 0 radical (unpaired) electrons. The maximum absolute atomic E-state index is 11.9. The number of nitrogens with one attached hydrogen (secondary N) is 1. The highest BCUT2D eigenvalue weighted by Crippen LogP contribution is 2.28. The monoisotopic (exact) mass is 383 g/mol. The highest BCUT2D eigenvalue weighted by molar-refractivity contribution is 8.01. The molecule has 0 atom stereocenters. The van der Waals surface area contributed by atoms with Crippen LogP contribution in [0.4, 0.5) is 0 Å². The number of carbonyl (C=O) groups excluding carboxylic acids is 1. The van der Waals surface area contributed by atoms with E-state index in [4.69, 9.17) is 4.74 Å². The third-order valence-corrected chi connectivity index (χ3v) is 5.43. The van der Waals surface area contributed by atoms with E-state index < -0.39 is 0 Å². The summed E-state index contributed by atoms with van der Waals surface area (Å²) in [6.45, 7) is 4.07. The van der Waals surface area contributed by atoms with Gasteiger partial charge in [-0.1, -0.05) is 36.5 Å². The van der Waals surface area contributed by atoms with Gasteiger partial charge in [-0.3, -0.25) is 4.79 Å². The largest absolute Gasteiger partial charge is 0.490 e. The van der Waals surface area contributed by atoms with Crippen LogP contribution in [0.5, 0.6) is 5.75 Å². The van der Waals surface area contributed by atoms with Gasteiger partial charge in [-0.05, 0) is 42.0 Å². The Morgan fingerprint density at radius 2 is 2.08 bits per heavy atom. The second-order valence-electron chi connectivity index (χ2n) is 5.20. The molecule has 5 nitrogen and oxygen atoms in total. The fraction of sp³-hybridized carbons (Fsp3) is 0.105. The zero-order chi connectivity index (χ0) is 18.2. The summed E-state index contributed by atoms with van der Waals surface area (Å²) >= 11 is 2.99. The van der Waals surface area contributed by atoms with Gasteiger partial charge in [0.25, 0.3) is 5.91 Å². The number of amides is 1. The Labute approximate surface area is 159 Å². The molecule has 0 saturated heterocycles. The van der Waals surface area contributed by atoms with Crippen molar-refractivity contribution in [3.63, 3.8) is 0 Å². The van der Waals surface area contributed by atoms with Gasteiger partial charge >= 0.3 is 0 Å². The van der Waals surface area contributed by atoms with Gasteiger partial charge in [0.1, 0.15) is 12.4 Å². The van der Waals surface area contributed by atoms with E-state index in [9.17, 15) is 4.79 Å². The molecule has 1 N–H and O–H groups in total. The Morgan fingerprint density at radius 3 is 2.85 bits per heavy atom. The number of hydrogen-bond donors (Lipinski definition) is 1. The Balaban J connectivity index is 1.45. The van der Waals surface area contributed by atoms with Crippen LogP contribution in [-0.2, 0) is 4.79 Å². The third kappa shape index (κ3) is 5.18. The van der Waals surface area contributed by atoms with Gasteiger partial charge in [0, 0.05) is 0 Å². The van der Waals surface area contributed by atoms with E-state index in [0.29, 0.717) is 6.61 Å². The summed E-state index contributed by atoms with van der Waals surface area (Å²) in [7, 11) is 0. The molecule has 0 saturated carbocycles. The summed E-state index contributed by atoms with van der Waals surface area (Å²) in [5.74, 6) is 0.862. The van der Waals surface area contributed by atoms with Crippen molar-refractivity contribution in [3.05, 3.63) is 66.7 Å². The number of hydrazone groups is 1. The van der Waals surface area contributed by atoms with Gasteiger partial charge in [0.15, 0.2) is 4.34 Å². The van der Waals surface area contributed by atoms with Crippen LogP contribution in [-0.4, -0.2) is 29.5 Å². The number of carbonyl (C=O) groups is 1. The quantitative estimate of drug-likeness (QED) is 0.275. The van der Waals surface area contributed by atoms with Crippen molar-refractivity contribution in [1.29, 1.82) is 0 Å². The smallest absolute Gasteiger partial charge is 0.250 e. The molecule has 1 heterocycles. The van der Waals surface area contributed by atoms with Crippen molar-refractivity contribution in [2.45, 2.75) is 4.34 Å². The van der Waals surface area contributed by atoms with Crippen LogP contribution in [0.1, 0.15) is 5.56 Å². The van der Waals surface area contributed by atoms with E-state index in [1.165, 1.54) is 11.8 Å². The van der Waals surface area contributed by atoms with E-state index in [1.807, 2.05) is 48.5 Å². The fourth-order valence-corrected chi connectivity index (χ4v) is 3.92. The molecule has 0 aliphatic heterocycles. The number of rotatable bonds is 8. The molecule has 0 fully saturated rings. The molecule has 26 heavy (non-hydrogen) atoms. The van der Waals surface area contributed by atoms with Gasteiger partial charge in [-0.2, -0.15) is 5.10 Å². The number of para-hydroxylation sites is 1. The predicted molar refractivity (Wildman–Crippen MR) is 108 cm³/mol. The van der Waals surface area contributed by atoms with Crippen molar-refractivity contribution >= 4 is 45.4 Å². The lowest BCUT2D eigenvalue weighted by molar-refractivity contribution is -0.118. The fourth-order valence-electron chi connectivity index (χ4n) is 2.06. The second kappa shape index (κ2) is 9.17. The molecular weight excluding hydrogens is 366 g/mol. The summed E-state index contributed by atoms with van der Waals surface area (Å²) in [5.41, 5.74) is 4.35. The van der Waals surface area contributed by atoms with Crippen molar-refractivity contribution in [2.75, 3.05) is 12.4 Å². The lowest BCUT2D eigenvalue weighted by Gasteiger charge is -2.02. The van der Waals surface area contributed by atoms with Gasteiger partial charge in [0.2, 0.25) is 0 Å².